The molecule has 0 radical (unpaired) electrons. The van der Waals surface area contributed by atoms with Crippen molar-refractivity contribution >= 4 is 21.7 Å². The smallest absolute Gasteiger partial charge is 0.335 e. The van der Waals surface area contributed by atoms with Gasteiger partial charge in [0, 0.05) is 18.7 Å². The summed E-state index contributed by atoms with van der Waals surface area (Å²) in [5.74, 6) is -0.506. The van der Waals surface area contributed by atoms with Crippen LogP contribution in [0.15, 0.2) is 47.4 Å². The Bertz CT molecular complexity index is 1210. The van der Waals surface area contributed by atoms with E-state index in [0.717, 1.165) is 31.5 Å². The first-order valence-corrected chi connectivity index (χ1v) is 10.9. The number of carbonyl (C=O) groups is 1. The number of benzene rings is 2. The van der Waals surface area contributed by atoms with E-state index in [1.54, 1.807) is 0 Å². The van der Waals surface area contributed by atoms with Crippen LogP contribution in [0.2, 0.25) is 0 Å². The van der Waals surface area contributed by atoms with Gasteiger partial charge in [-0.3, -0.25) is 4.72 Å². The van der Waals surface area contributed by atoms with Crippen molar-refractivity contribution in [3.8, 4) is 11.4 Å². The molecular formula is C20H19FN4O4S. The number of fused-ring (bicyclic) bond motifs is 1. The van der Waals surface area contributed by atoms with Crippen LogP contribution in [0.1, 0.15) is 35.4 Å². The van der Waals surface area contributed by atoms with Crippen molar-refractivity contribution in [3.63, 3.8) is 0 Å². The number of anilines is 1. The fourth-order valence-electron chi connectivity index (χ4n) is 3.44. The summed E-state index contributed by atoms with van der Waals surface area (Å²) < 4.78 is 44.2. The van der Waals surface area contributed by atoms with Crippen molar-refractivity contribution < 1.29 is 22.7 Å². The third-order valence-electron chi connectivity index (χ3n) is 4.98. The number of sulfonamides is 1. The summed E-state index contributed by atoms with van der Waals surface area (Å²) in [5, 5.41) is 17.2. The second-order valence-corrected chi connectivity index (χ2v) is 8.71. The molecule has 0 amide bonds. The van der Waals surface area contributed by atoms with E-state index < -0.39 is 21.8 Å². The van der Waals surface area contributed by atoms with E-state index in [4.69, 9.17) is 5.11 Å². The molecule has 2 heterocycles. The Hall–Kier alpha value is -3.27. The second kappa shape index (κ2) is 7.86. The molecule has 2 aromatic carbocycles. The Morgan fingerprint density at radius 3 is 2.57 bits per heavy atom. The van der Waals surface area contributed by atoms with E-state index in [2.05, 4.69) is 14.9 Å². The lowest BCUT2D eigenvalue weighted by atomic mass is 10.1. The summed E-state index contributed by atoms with van der Waals surface area (Å²) in [5.41, 5.74) is 0.308. The molecule has 0 bridgehead atoms. The van der Waals surface area contributed by atoms with Gasteiger partial charge in [-0.25, -0.2) is 17.6 Å². The van der Waals surface area contributed by atoms with Crippen molar-refractivity contribution in [2.75, 3.05) is 4.72 Å². The highest BCUT2D eigenvalue weighted by Gasteiger charge is 2.21. The van der Waals surface area contributed by atoms with Crippen LogP contribution in [0.3, 0.4) is 0 Å². The van der Waals surface area contributed by atoms with Crippen molar-refractivity contribution in [2.24, 2.45) is 0 Å². The number of carboxylic acids is 1. The summed E-state index contributed by atoms with van der Waals surface area (Å²) in [4.78, 5) is 10.8. The van der Waals surface area contributed by atoms with E-state index >= 15 is 0 Å². The zero-order chi connectivity index (χ0) is 21.3. The molecule has 10 heteroatoms. The molecule has 0 spiro atoms. The largest absolute Gasteiger partial charge is 0.478 e. The number of aromatic carboxylic acids is 1. The predicted molar refractivity (Wildman–Crippen MR) is 107 cm³/mol. The zero-order valence-corrected chi connectivity index (χ0v) is 16.7. The topological polar surface area (TPSA) is 114 Å². The highest BCUT2D eigenvalue weighted by Crippen LogP contribution is 2.28. The van der Waals surface area contributed by atoms with Crippen LogP contribution in [0.4, 0.5) is 10.1 Å². The highest BCUT2D eigenvalue weighted by atomic mass is 32.2. The summed E-state index contributed by atoms with van der Waals surface area (Å²) in [6, 6.07) is 8.71. The van der Waals surface area contributed by atoms with Gasteiger partial charge in [0.1, 0.15) is 11.6 Å². The van der Waals surface area contributed by atoms with Gasteiger partial charge in [-0.2, -0.15) is 0 Å². The van der Waals surface area contributed by atoms with Gasteiger partial charge in [0.15, 0.2) is 5.82 Å². The molecule has 0 fully saturated rings. The number of nitrogens with zero attached hydrogens (tertiary/aromatic N) is 3. The number of halogens is 1. The Morgan fingerprint density at radius 2 is 1.83 bits per heavy atom. The lowest BCUT2D eigenvalue weighted by Crippen LogP contribution is -2.13. The third-order valence-corrected chi connectivity index (χ3v) is 6.38. The van der Waals surface area contributed by atoms with Gasteiger partial charge in [0.2, 0.25) is 0 Å². The fourth-order valence-corrected chi connectivity index (χ4v) is 4.48. The number of hydrogen-bond donors (Lipinski definition) is 2. The number of hydrogen-bond acceptors (Lipinski definition) is 5. The quantitative estimate of drug-likeness (QED) is 0.642. The summed E-state index contributed by atoms with van der Waals surface area (Å²) in [6.45, 7) is 0.684. The van der Waals surface area contributed by atoms with Crippen LogP contribution in [-0.2, 0) is 23.0 Å². The standard InChI is InChI=1S/C20H19FN4O4S/c21-17-10-7-14(24-30(28,29)15-8-5-13(6-9-15)20(26)27)12-16(17)19-23-22-18-4-2-1-3-11-25(18)19/h5-10,12,24H,1-4,11H2,(H,26,27). The monoisotopic (exact) mass is 430 g/mol. The number of aryl methyl sites for hydroxylation is 1. The minimum absolute atomic E-state index is 0.0227. The normalized spacial score (nSPS) is 14.0. The number of carboxylic acid groups (broad SMARTS) is 1. The van der Waals surface area contributed by atoms with Crippen LogP contribution >= 0.6 is 0 Å². The molecule has 0 unspecified atom stereocenters. The maximum Gasteiger partial charge on any atom is 0.335 e. The number of aromatic nitrogens is 3. The average molecular weight is 430 g/mol. The van der Waals surface area contributed by atoms with E-state index in [1.807, 2.05) is 4.57 Å². The van der Waals surface area contributed by atoms with E-state index in [0.29, 0.717) is 12.4 Å². The maximum atomic E-state index is 14.6. The first-order valence-electron chi connectivity index (χ1n) is 9.43. The zero-order valence-electron chi connectivity index (χ0n) is 15.9. The highest BCUT2D eigenvalue weighted by molar-refractivity contribution is 7.92. The first kappa shape index (κ1) is 20.0. The third kappa shape index (κ3) is 3.90. The molecule has 156 valence electrons. The van der Waals surface area contributed by atoms with E-state index in [-0.39, 0.29) is 21.7 Å². The lowest BCUT2D eigenvalue weighted by Gasteiger charge is -2.12. The molecule has 1 aromatic heterocycles. The fraction of sp³-hybridized carbons (Fsp3) is 0.250. The molecule has 1 aliphatic heterocycles. The molecule has 8 nitrogen and oxygen atoms in total. The summed E-state index contributed by atoms with van der Waals surface area (Å²) in [6.07, 6.45) is 3.78. The van der Waals surface area contributed by atoms with Crippen LogP contribution in [0, 0.1) is 5.82 Å². The minimum Gasteiger partial charge on any atom is -0.478 e. The molecule has 1 aliphatic rings. The van der Waals surface area contributed by atoms with Gasteiger partial charge in [-0.05, 0) is 55.3 Å². The SMILES string of the molecule is O=C(O)c1ccc(S(=O)(=O)Nc2ccc(F)c(-c3nnc4n3CCCCC4)c2)cc1. The summed E-state index contributed by atoms with van der Waals surface area (Å²) in [7, 11) is -3.99. The number of rotatable bonds is 5. The molecule has 3 aromatic rings. The van der Waals surface area contributed by atoms with Gasteiger partial charge in [-0.1, -0.05) is 6.42 Å². The minimum atomic E-state index is -3.99. The molecule has 4 rings (SSSR count). The van der Waals surface area contributed by atoms with Crippen molar-refractivity contribution in [1.29, 1.82) is 0 Å². The first-order chi connectivity index (χ1) is 14.3. The van der Waals surface area contributed by atoms with Crippen LogP contribution in [0.25, 0.3) is 11.4 Å². The molecule has 0 saturated heterocycles. The average Bonchev–Trinajstić information content (AvgIpc) is 2.97. The van der Waals surface area contributed by atoms with Crippen molar-refractivity contribution in [1.82, 2.24) is 14.8 Å². The molecule has 0 saturated carbocycles. The van der Waals surface area contributed by atoms with Crippen LogP contribution in [-0.4, -0.2) is 34.3 Å². The van der Waals surface area contributed by atoms with Gasteiger partial charge in [0.05, 0.1) is 16.0 Å². The molecule has 30 heavy (non-hydrogen) atoms. The predicted octanol–water partition coefficient (Wildman–Crippen LogP) is 3.31. The Labute approximate surface area is 172 Å². The van der Waals surface area contributed by atoms with Gasteiger partial charge in [0.25, 0.3) is 10.0 Å². The van der Waals surface area contributed by atoms with Crippen molar-refractivity contribution in [3.05, 3.63) is 59.7 Å². The van der Waals surface area contributed by atoms with Gasteiger partial charge in [-0.15, -0.1) is 10.2 Å². The van der Waals surface area contributed by atoms with Gasteiger partial charge >= 0.3 is 5.97 Å². The van der Waals surface area contributed by atoms with Crippen LogP contribution < -0.4 is 4.72 Å². The molecular weight excluding hydrogens is 411 g/mol. The lowest BCUT2D eigenvalue weighted by molar-refractivity contribution is 0.0696. The molecule has 0 atom stereocenters. The van der Waals surface area contributed by atoms with Gasteiger partial charge < -0.3 is 9.67 Å². The number of nitrogens with one attached hydrogen (secondary N) is 1. The van der Waals surface area contributed by atoms with Crippen molar-refractivity contribution in [2.45, 2.75) is 37.1 Å². The van der Waals surface area contributed by atoms with E-state index in [9.17, 15) is 17.6 Å². The molecule has 2 N–H and O–H groups in total. The Morgan fingerprint density at radius 1 is 1.07 bits per heavy atom. The summed E-state index contributed by atoms with van der Waals surface area (Å²) >= 11 is 0. The maximum absolute atomic E-state index is 14.6. The second-order valence-electron chi connectivity index (χ2n) is 7.03. The van der Waals surface area contributed by atoms with E-state index in [1.165, 1.54) is 42.5 Å². The van der Waals surface area contributed by atoms with Crippen LogP contribution in [0.5, 0.6) is 0 Å². The molecule has 0 aliphatic carbocycles. The Kier molecular flexibility index (Phi) is 5.25. The Balaban J connectivity index is 1.65.